The van der Waals surface area contributed by atoms with Gasteiger partial charge in [0.05, 0.1) is 0 Å². The molecule has 3 nitrogen and oxygen atoms in total. The van der Waals surface area contributed by atoms with E-state index in [0.29, 0.717) is 10.8 Å². The number of hydrogen-bond acceptors (Lipinski definition) is 4. The van der Waals surface area contributed by atoms with Crippen LogP contribution in [0.1, 0.15) is 40.9 Å². The van der Waals surface area contributed by atoms with Crippen molar-refractivity contribution in [2.24, 2.45) is 10.7 Å². The molecule has 0 aliphatic carbocycles. The average molecular weight is 292 g/mol. The number of carbonyl (C=O) groups excluding carboxylic acids is 1. The van der Waals surface area contributed by atoms with Gasteiger partial charge in [0.2, 0.25) is 5.91 Å². The van der Waals surface area contributed by atoms with Crippen LogP contribution in [-0.4, -0.2) is 12.1 Å². The van der Waals surface area contributed by atoms with Crippen molar-refractivity contribution in [3.63, 3.8) is 0 Å². The number of aliphatic imine (C=N–C) groups is 1. The molecule has 0 spiro atoms. The summed E-state index contributed by atoms with van der Waals surface area (Å²) in [7, 11) is 3.47. The SMILES string of the molecule is CC(SSC1=CCCC=N1)c1ccc(C(N)=O)cc1. The molecule has 0 bridgehead atoms. The van der Waals surface area contributed by atoms with Gasteiger partial charge in [-0.3, -0.25) is 9.79 Å². The van der Waals surface area contributed by atoms with Gasteiger partial charge in [-0.05, 0) is 48.3 Å². The van der Waals surface area contributed by atoms with Crippen LogP contribution in [0.3, 0.4) is 0 Å². The van der Waals surface area contributed by atoms with Crippen LogP contribution in [-0.2, 0) is 0 Å². The summed E-state index contributed by atoms with van der Waals surface area (Å²) in [5.74, 6) is -0.386. The molecule has 1 heterocycles. The van der Waals surface area contributed by atoms with Crippen LogP contribution in [0.4, 0.5) is 0 Å². The molecule has 0 saturated heterocycles. The first-order valence-corrected chi connectivity index (χ1v) is 8.34. The van der Waals surface area contributed by atoms with E-state index in [4.69, 9.17) is 5.73 Å². The number of benzene rings is 1. The zero-order chi connectivity index (χ0) is 13.7. The highest BCUT2D eigenvalue weighted by Crippen LogP contribution is 2.42. The van der Waals surface area contributed by atoms with Crippen molar-refractivity contribution in [3.8, 4) is 0 Å². The van der Waals surface area contributed by atoms with Gasteiger partial charge in [0.1, 0.15) is 5.03 Å². The molecular formula is C14H16N2OS2. The molecule has 1 aromatic carbocycles. The van der Waals surface area contributed by atoms with E-state index in [0.717, 1.165) is 17.9 Å². The summed E-state index contributed by atoms with van der Waals surface area (Å²) in [6.07, 6.45) is 6.25. The second-order valence-electron chi connectivity index (χ2n) is 4.24. The second-order valence-corrected chi connectivity index (χ2v) is 6.80. The maximum atomic E-state index is 11.0. The van der Waals surface area contributed by atoms with Gasteiger partial charge in [-0.1, -0.05) is 29.0 Å². The number of nitrogens with two attached hydrogens (primary N) is 1. The molecular weight excluding hydrogens is 276 g/mol. The lowest BCUT2D eigenvalue weighted by atomic mass is 10.1. The van der Waals surface area contributed by atoms with Crippen molar-refractivity contribution in [1.29, 1.82) is 0 Å². The monoisotopic (exact) mass is 292 g/mol. The minimum absolute atomic E-state index is 0.338. The van der Waals surface area contributed by atoms with E-state index in [9.17, 15) is 4.79 Å². The quantitative estimate of drug-likeness (QED) is 0.836. The molecule has 2 rings (SSSR count). The predicted octanol–water partition coefficient (Wildman–Crippen LogP) is 3.93. The van der Waals surface area contributed by atoms with E-state index >= 15 is 0 Å². The molecule has 5 heteroatoms. The molecule has 0 radical (unpaired) electrons. The van der Waals surface area contributed by atoms with Gasteiger partial charge >= 0.3 is 0 Å². The Bertz CT molecular complexity index is 509. The summed E-state index contributed by atoms with van der Waals surface area (Å²) >= 11 is 0. The van der Waals surface area contributed by atoms with Crippen molar-refractivity contribution in [3.05, 3.63) is 46.5 Å². The van der Waals surface area contributed by atoms with Gasteiger partial charge in [0.25, 0.3) is 0 Å². The summed E-state index contributed by atoms with van der Waals surface area (Å²) in [5.41, 5.74) is 6.96. The van der Waals surface area contributed by atoms with Crippen molar-refractivity contribution >= 4 is 33.7 Å². The summed E-state index contributed by atoms with van der Waals surface area (Å²) in [4.78, 5) is 15.4. The lowest BCUT2D eigenvalue weighted by Gasteiger charge is -2.12. The van der Waals surface area contributed by atoms with Gasteiger partial charge < -0.3 is 5.73 Å². The predicted molar refractivity (Wildman–Crippen MR) is 84.4 cm³/mol. The van der Waals surface area contributed by atoms with Gasteiger partial charge in [-0.2, -0.15) is 0 Å². The van der Waals surface area contributed by atoms with Crippen molar-refractivity contribution in [1.82, 2.24) is 0 Å². The number of primary amides is 1. The fourth-order valence-electron chi connectivity index (χ4n) is 1.64. The molecule has 1 amide bonds. The molecule has 0 saturated carbocycles. The van der Waals surface area contributed by atoms with Crippen LogP contribution in [0.25, 0.3) is 0 Å². The van der Waals surface area contributed by atoms with Crippen LogP contribution in [0.15, 0.2) is 40.4 Å². The van der Waals surface area contributed by atoms with E-state index in [-0.39, 0.29) is 5.91 Å². The number of allylic oxidation sites excluding steroid dienone is 1. The van der Waals surface area contributed by atoms with Crippen LogP contribution in [0.5, 0.6) is 0 Å². The Hall–Kier alpha value is -1.20. The van der Waals surface area contributed by atoms with Crippen LogP contribution in [0, 0.1) is 0 Å². The Labute approximate surface area is 121 Å². The van der Waals surface area contributed by atoms with Gasteiger partial charge in [-0.15, -0.1) is 0 Å². The minimum Gasteiger partial charge on any atom is -0.366 e. The number of carbonyl (C=O) groups is 1. The molecule has 100 valence electrons. The first kappa shape index (κ1) is 14.2. The Balaban J connectivity index is 1.92. The third kappa shape index (κ3) is 4.14. The lowest BCUT2D eigenvalue weighted by molar-refractivity contribution is 0.100. The molecule has 19 heavy (non-hydrogen) atoms. The smallest absolute Gasteiger partial charge is 0.248 e. The maximum absolute atomic E-state index is 11.0. The summed E-state index contributed by atoms with van der Waals surface area (Å²) in [6.45, 7) is 2.14. The van der Waals surface area contributed by atoms with Gasteiger partial charge in [0, 0.05) is 17.0 Å². The molecule has 0 fully saturated rings. The number of rotatable bonds is 5. The highest BCUT2D eigenvalue weighted by molar-refractivity contribution is 8.78. The van der Waals surface area contributed by atoms with Crippen LogP contribution >= 0.6 is 21.6 Å². The topological polar surface area (TPSA) is 55.4 Å². The van der Waals surface area contributed by atoms with Crippen molar-refractivity contribution in [2.75, 3.05) is 0 Å². The van der Waals surface area contributed by atoms with Crippen LogP contribution < -0.4 is 5.73 Å². The Morgan fingerprint density at radius 1 is 1.32 bits per heavy atom. The Kier molecular flexibility index (Phi) is 5.10. The molecule has 1 aliphatic rings. The molecule has 1 aliphatic heterocycles. The average Bonchev–Trinajstić information content (AvgIpc) is 2.46. The summed E-state index contributed by atoms with van der Waals surface area (Å²) in [6, 6.07) is 7.46. The standard InChI is InChI=1S/C14H16N2OS2/c1-10(18-19-13-4-2-3-9-16-13)11-5-7-12(8-6-11)14(15)17/h4-10H,2-3H2,1H3,(H2,15,17). The molecule has 1 unspecified atom stereocenters. The first-order valence-electron chi connectivity index (χ1n) is 6.12. The van der Waals surface area contributed by atoms with E-state index in [1.54, 1.807) is 33.7 Å². The normalized spacial score (nSPS) is 15.9. The second kappa shape index (κ2) is 6.82. The summed E-state index contributed by atoms with van der Waals surface area (Å²) in [5, 5.41) is 1.42. The molecule has 0 aromatic heterocycles. The highest BCUT2D eigenvalue weighted by atomic mass is 33.1. The number of nitrogens with zero attached hydrogens (tertiary/aromatic N) is 1. The highest BCUT2D eigenvalue weighted by Gasteiger charge is 2.09. The third-order valence-electron chi connectivity index (χ3n) is 2.78. The summed E-state index contributed by atoms with van der Waals surface area (Å²) < 4.78 is 0. The van der Waals surface area contributed by atoms with Gasteiger partial charge in [0.15, 0.2) is 0 Å². The number of amides is 1. The van der Waals surface area contributed by atoms with E-state index < -0.39 is 0 Å². The van der Waals surface area contributed by atoms with Crippen molar-refractivity contribution < 1.29 is 4.79 Å². The van der Waals surface area contributed by atoms with Crippen LogP contribution in [0.2, 0.25) is 0 Å². The Morgan fingerprint density at radius 2 is 2.05 bits per heavy atom. The third-order valence-corrected chi connectivity index (χ3v) is 5.54. The van der Waals surface area contributed by atoms with Crippen molar-refractivity contribution in [2.45, 2.75) is 25.0 Å². The fraction of sp³-hybridized carbons (Fsp3) is 0.286. The van der Waals surface area contributed by atoms with E-state index in [1.807, 2.05) is 18.3 Å². The zero-order valence-corrected chi connectivity index (χ0v) is 12.3. The molecule has 1 atom stereocenters. The number of hydrogen-bond donors (Lipinski definition) is 1. The minimum atomic E-state index is -0.386. The zero-order valence-electron chi connectivity index (χ0n) is 10.7. The Morgan fingerprint density at radius 3 is 2.63 bits per heavy atom. The lowest BCUT2D eigenvalue weighted by Crippen LogP contribution is -2.10. The maximum Gasteiger partial charge on any atom is 0.248 e. The molecule has 2 N–H and O–H groups in total. The van der Waals surface area contributed by atoms with Gasteiger partial charge in [-0.25, -0.2) is 0 Å². The first-order chi connectivity index (χ1) is 9.16. The fourth-order valence-corrected chi connectivity index (χ4v) is 3.85. The van der Waals surface area contributed by atoms with E-state index in [1.165, 1.54) is 5.56 Å². The largest absolute Gasteiger partial charge is 0.366 e. The van der Waals surface area contributed by atoms with E-state index in [2.05, 4.69) is 18.0 Å². The molecule has 1 aromatic rings.